The lowest BCUT2D eigenvalue weighted by atomic mass is 10.4. The minimum atomic E-state index is -2.20. The van der Waals surface area contributed by atoms with Gasteiger partial charge < -0.3 is 8.23 Å². The van der Waals surface area contributed by atoms with Crippen molar-refractivity contribution in [2.24, 2.45) is 0 Å². The quantitative estimate of drug-likeness (QED) is 0.776. The van der Waals surface area contributed by atoms with Crippen molar-refractivity contribution >= 4 is 37.7 Å². The van der Waals surface area contributed by atoms with Crippen LogP contribution in [-0.4, -0.2) is 27.4 Å². The molecule has 0 aliphatic heterocycles. The van der Waals surface area contributed by atoms with Crippen LogP contribution in [0.3, 0.4) is 0 Å². The lowest BCUT2D eigenvalue weighted by Gasteiger charge is -2.36. The van der Waals surface area contributed by atoms with Crippen molar-refractivity contribution in [1.82, 2.24) is 0 Å². The first-order valence-electron chi connectivity index (χ1n) is 6.84. The summed E-state index contributed by atoms with van der Waals surface area (Å²) in [6.45, 7) is 6.54. The second kappa shape index (κ2) is 6.19. The highest BCUT2D eigenvalue weighted by Crippen LogP contribution is 2.15. The van der Waals surface area contributed by atoms with E-state index in [9.17, 15) is 0 Å². The monoisotopic (exact) mass is 318 g/mol. The molecule has 0 bridgehead atoms. The summed E-state index contributed by atoms with van der Waals surface area (Å²) in [4.78, 5) is 0. The van der Waals surface area contributed by atoms with Crippen molar-refractivity contribution < 1.29 is 8.23 Å². The van der Waals surface area contributed by atoms with Crippen molar-refractivity contribution in [2.75, 3.05) is 0 Å². The SMILES string of the molecule is C[Si](C)(O[SiH3])O[Si](C)(c1ccccc1)c1ccccc1. The van der Waals surface area contributed by atoms with Gasteiger partial charge in [0.05, 0.1) is 0 Å². The minimum absolute atomic E-state index is 0.724. The van der Waals surface area contributed by atoms with Crippen LogP contribution in [0.1, 0.15) is 0 Å². The highest BCUT2D eigenvalue weighted by molar-refractivity contribution is 7.01. The van der Waals surface area contributed by atoms with Gasteiger partial charge in [0.1, 0.15) is 10.5 Å². The molecule has 0 spiro atoms. The zero-order valence-corrected chi connectivity index (χ0v) is 16.6. The van der Waals surface area contributed by atoms with Gasteiger partial charge in [0, 0.05) is 0 Å². The fraction of sp³-hybridized carbons (Fsp3) is 0.200. The molecule has 2 nitrogen and oxygen atoms in total. The Kier molecular flexibility index (Phi) is 4.77. The minimum Gasteiger partial charge on any atom is -0.445 e. The van der Waals surface area contributed by atoms with Crippen LogP contribution < -0.4 is 10.4 Å². The van der Waals surface area contributed by atoms with E-state index in [1.807, 2.05) is 0 Å². The molecular weight excluding hydrogens is 296 g/mol. The Morgan fingerprint density at radius 1 is 0.750 bits per heavy atom. The molecule has 2 rings (SSSR count). The summed E-state index contributed by atoms with van der Waals surface area (Å²) in [5.41, 5.74) is 0. The molecule has 106 valence electrons. The van der Waals surface area contributed by atoms with Gasteiger partial charge in [-0.05, 0) is 30.0 Å². The Morgan fingerprint density at radius 2 is 1.15 bits per heavy atom. The van der Waals surface area contributed by atoms with E-state index < -0.39 is 16.9 Å². The van der Waals surface area contributed by atoms with Crippen molar-refractivity contribution in [3.63, 3.8) is 0 Å². The Morgan fingerprint density at radius 3 is 1.50 bits per heavy atom. The smallest absolute Gasteiger partial charge is 0.311 e. The van der Waals surface area contributed by atoms with Crippen molar-refractivity contribution in [2.45, 2.75) is 19.6 Å². The second-order valence-corrected chi connectivity index (χ2v) is 13.9. The van der Waals surface area contributed by atoms with E-state index in [1.54, 1.807) is 0 Å². The number of hydrogen-bond acceptors (Lipinski definition) is 2. The first-order valence-corrected chi connectivity index (χ1v) is 12.9. The van der Waals surface area contributed by atoms with Gasteiger partial charge in [-0.1, -0.05) is 60.7 Å². The van der Waals surface area contributed by atoms with Gasteiger partial charge in [-0.15, -0.1) is 0 Å². The molecule has 0 fully saturated rings. The third-order valence-electron chi connectivity index (χ3n) is 3.59. The normalized spacial score (nSPS) is 12.6. The van der Waals surface area contributed by atoms with Gasteiger partial charge in [0.25, 0.3) is 0 Å². The zero-order chi connectivity index (χ0) is 14.6. The third-order valence-corrected chi connectivity index (χ3v) is 14.0. The van der Waals surface area contributed by atoms with E-state index in [0.717, 1.165) is 10.5 Å². The van der Waals surface area contributed by atoms with E-state index in [1.165, 1.54) is 10.4 Å². The molecule has 20 heavy (non-hydrogen) atoms. The van der Waals surface area contributed by atoms with Crippen molar-refractivity contribution in [3.05, 3.63) is 60.7 Å². The largest absolute Gasteiger partial charge is 0.445 e. The summed E-state index contributed by atoms with van der Waals surface area (Å²) in [5, 5.41) is 2.59. The molecule has 0 amide bonds. The fourth-order valence-electron chi connectivity index (χ4n) is 2.33. The summed E-state index contributed by atoms with van der Waals surface area (Å²) in [7, 11) is -3.53. The van der Waals surface area contributed by atoms with E-state index in [4.69, 9.17) is 8.23 Å². The number of benzene rings is 2. The van der Waals surface area contributed by atoms with Crippen LogP contribution in [0, 0.1) is 0 Å². The zero-order valence-electron chi connectivity index (χ0n) is 12.6. The van der Waals surface area contributed by atoms with Crippen LogP contribution in [0.5, 0.6) is 0 Å². The molecule has 0 saturated carbocycles. The standard InChI is InChI=1S/C15H22O2Si3/c1-19(2,16-18)17-20(3,14-10-6-4-7-11-14)15-12-8-5-9-13-15/h4-13H,1-3,18H3. The topological polar surface area (TPSA) is 18.5 Å². The molecule has 0 atom stereocenters. The predicted octanol–water partition coefficient (Wildman–Crippen LogP) is 1.39. The molecular formula is C15H22O2Si3. The van der Waals surface area contributed by atoms with Gasteiger partial charge in [-0.2, -0.15) is 0 Å². The number of hydrogen-bond donors (Lipinski definition) is 0. The van der Waals surface area contributed by atoms with Crippen molar-refractivity contribution in [1.29, 1.82) is 0 Å². The Balaban J connectivity index is 2.50. The fourth-order valence-corrected chi connectivity index (χ4v) is 10.3. The van der Waals surface area contributed by atoms with Crippen LogP contribution in [0.2, 0.25) is 19.6 Å². The Hall–Kier alpha value is -0.989. The Labute approximate surface area is 126 Å². The van der Waals surface area contributed by atoms with E-state index in [2.05, 4.69) is 80.3 Å². The third kappa shape index (κ3) is 3.36. The van der Waals surface area contributed by atoms with Crippen LogP contribution in [-0.2, 0) is 8.23 Å². The van der Waals surface area contributed by atoms with Gasteiger partial charge in [-0.3, -0.25) is 0 Å². The molecule has 0 aromatic heterocycles. The average Bonchev–Trinajstić information content (AvgIpc) is 2.48. The lowest BCUT2D eigenvalue weighted by Crippen LogP contribution is -2.63. The molecule has 0 unspecified atom stereocenters. The molecule has 0 radical (unpaired) electrons. The first kappa shape index (κ1) is 15.4. The number of rotatable bonds is 5. The van der Waals surface area contributed by atoms with E-state index >= 15 is 0 Å². The molecule has 0 aliphatic rings. The summed E-state index contributed by atoms with van der Waals surface area (Å²) in [6, 6.07) is 21.2. The molecule has 0 heterocycles. The van der Waals surface area contributed by atoms with Crippen LogP contribution >= 0.6 is 0 Å². The van der Waals surface area contributed by atoms with Gasteiger partial charge >= 0.3 is 8.56 Å². The summed E-state index contributed by atoms with van der Waals surface area (Å²) in [5.74, 6) is 0. The summed E-state index contributed by atoms with van der Waals surface area (Å²) < 4.78 is 12.4. The molecule has 5 heteroatoms. The van der Waals surface area contributed by atoms with E-state index in [0.29, 0.717) is 0 Å². The van der Waals surface area contributed by atoms with E-state index in [-0.39, 0.29) is 0 Å². The maximum atomic E-state index is 6.64. The second-order valence-electron chi connectivity index (χ2n) is 5.47. The molecule has 2 aromatic carbocycles. The van der Waals surface area contributed by atoms with Crippen LogP contribution in [0.25, 0.3) is 0 Å². The molecule has 0 aliphatic carbocycles. The van der Waals surface area contributed by atoms with Gasteiger partial charge in [0.2, 0.25) is 8.32 Å². The highest BCUT2D eigenvalue weighted by atomic mass is 28.5. The predicted molar refractivity (Wildman–Crippen MR) is 93.4 cm³/mol. The van der Waals surface area contributed by atoms with Gasteiger partial charge in [-0.25, -0.2) is 0 Å². The summed E-state index contributed by atoms with van der Waals surface area (Å²) in [6.07, 6.45) is 0. The maximum Gasteiger partial charge on any atom is 0.311 e. The summed E-state index contributed by atoms with van der Waals surface area (Å²) >= 11 is 0. The van der Waals surface area contributed by atoms with Crippen LogP contribution in [0.4, 0.5) is 0 Å². The molecule has 0 saturated heterocycles. The average molecular weight is 319 g/mol. The Bertz CT molecular complexity index is 504. The first-order chi connectivity index (χ1) is 9.48. The van der Waals surface area contributed by atoms with Crippen LogP contribution in [0.15, 0.2) is 60.7 Å². The highest BCUT2D eigenvalue weighted by Gasteiger charge is 2.40. The molecule has 0 N–H and O–H groups in total. The lowest BCUT2D eigenvalue weighted by molar-refractivity contribution is 0.424. The van der Waals surface area contributed by atoms with Crippen molar-refractivity contribution in [3.8, 4) is 0 Å². The maximum absolute atomic E-state index is 6.64. The molecule has 2 aromatic rings. The van der Waals surface area contributed by atoms with Gasteiger partial charge in [0.15, 0.2) is 0 Å².